The van der Waals surface area contributed by atoms with Crippen LogP contribution in [0.15, 0.2) is 29.2 Å². The van der Waals surface area contributed by atoms with Gasteiger partial charge in [-0.1, -0.05) is 17.7 Å². The van der Waals surface area contributed by atoms with Gasteiger partial charge in [0.15, 0.2) is 0 Å². The van der Waals surface area contributed by atoms with Crippen LogP contribution < -0.4 is 0 Å². The molecule has 1 aliphatic carbocycles. The van der Waals surface area contributed by atoms with Crippen LogP contribution in [0.4, 0.5) is 0 Å². The Hall–Kier alpha value is -0.910. The van der Waals surface area contributed by atoms with E-state index in [1.54, 1.807) is 24.3 Å². The molecule has 0 atom stereocenters. The fourth-order valence-electron chi connectivity index (χ4n) is 2.35. The van der Waals surface area contributed by atoms with E-state index < -0.39 is 10.1 Å². The van der Waals surface area contributed by atoms with Crippen LogP contribution in [-0.4, -0.2) is 26.2 Å². The number of aliphatic hydroxyl groups is 1. The molecule has 1 fully saturated rings. The summed E-state index contributed by atoms with van der Waals surface area (Å²) in [5, 5.41) is 9.05. The fourth-order valence-corrected chi connectivity index (χ4v) is 3.48. The maximum Gasteiger partial charge on any atom is 0.297 e. The van der Waals surface area contributed by atoms with Crippen molar-refractivity contribution in [1.29, 1.82) is 0 Å². The molecule has 1 aliphatic rings. The van der Waals surface area contributed by atoms with Crippen molar-refractivity contribution in [3.05, 3.63) is 29.8 Å². The van der Waals surface area contributed by atoms with Crippen molar-refractivity contribution in [1.82, 2.24) is 0 Å². The van der Waals surface area contributed by atoms with Gasteiger partial charge in [-0.25, -0.2) is 0 Å². The fraction of sp³-hybridized carbons (Fsp3) is 0.571. The molecule has 0 bridgehead atoms. The Morgan fingerprint density at radius 2 is 1.74 bits per heavy atom. The summed E-state index contributed by atoms with van der Waals surface area (Å²) in [5.74, 6) is 0.293. The van der Waals surface area contributed by atoms with Gasteiger partial charge in [0.1, 0.15) is 0 Å². The van der Waals surface area contributed by atoms with Gasteiger partial charge < -0.3 is 5.11 Å². The number of hydrogen-bond donors (Lipinski definition) is 1. The zero-order valence-electron chi connectivity index (χ0n) is 11.1. The molecule has 0 saturated heterocycles. The number of aryl methyl sites for hydroxylation is 1. The summed E-state index contributed by atoms with van der Waals surface area (Å²) in [6.07, 6.45) is 2.77. The van der Waals surface area contributed by atoms with Crippen molar-refractivity contribution in [2.45, 2.75) is 43.6 Å². The first-order valence-electron chi connectivity index (χ1n) is 6.62. The van der Waals surface area contributed by atoms with Gasteiger partial charge in [0.25, 0.3) is 10.1 Å². The van der Waals surface area contributed by atoms with Crippen LogP contribution in [0.3, 0.4) is 0 Å². The second-order valence-corrected chi connectivity index (χ2v) is 6.76. The molecule has 1 aromatic carbocycles. The van der Waals surface area contributed by atoms with Crippen LogP contribution in [0.25, 0.3) is 0 Å². The number of hydrogen-bond acceptors (Lipinski definition) is 4. The molecular weight excluding hydrogens is 264 g/mol. The highest BCUT2D eigenvalue weighted by atomic mass is 32.2. The second-order valence-electron chi connectivity index (χ2n) is 5.19. The Labute approximate surface area is 114 Å². The van der Waals surface area contributed by atoms with Crippen molar-refractivity contribution >= 4 is 10.1 Å². The predicted molar refractivity (Wildman–Crippen MR) is 72.3 cm³/mol. The first kappa shape index (κ1) is 14.5. The average molecular weight is 284 g/mol. The smallest absolute Gasteiger partial charge is 0.297 e. The van der Waals surface area contributed by atoms with Gasteiger partial charge in [-0.3, -0.25) is 4.18 Å². The van der Waals surface area contributed by atoms with Crippen LogP contribution in [0, 0.1) is 12.8 Å². The molecule has 0 radical (unpaired) electrons. The number of aliphatic hydroxyl groups excluding tert-OH is 1. The monoisotopic (exact) mass is 284 g/mol. The minimum Gasteiger partial charge on any atom is -0.396 e. The molecule has 5 heteroatoms. The summed E-state index contributed by atoms with van der Waals surface area (Å²) in [7, 11) is -3.66. The van der Waals surface area contributed by atoms with E-state index in [9.17, 15) is 8.42 Å². The quantitative estimate of drug-likeness (QED) is 0.861. The lowest BCUT2D eigenvalue weighted by Crippen LogP contribution is -2.25. The first-order chi connectivity index (χ1) is 9.01. The third-order valence-electron chi connectivity index (χ3n) is 3.62. The Morgan fingerprint density at radius 1 is 1.16 bits per heavy atom. The molecule has 19 heavy (non-hydrogen) atoms. The van der Waals surface area contributed by atoms with Gasteiger partial charge in [0.2, 0.25) is 0 Å². The Morgan fingerprint density at radius 3 is 2.26 bits per heavy atom. The van der Waals surface area contributed by atoms with Crippen molar-refractivity contribution in [3.8, 4) is 0 Å². The summed E-state index contributed by atoms with van der Waals surface area (Å²) >= 11 is 0. The van der Waals surface area contributed by atoms with Crippen LogP contribution in [0.1, 0.15) is 31.2 Å². The van der Waals surface area contributed by atoms with Crippen molar-refractivity contribution in [2.75, 3.05) is 6.61 Å². The van der Waals surface area contributed by atoms with Crippen LogP contribution in [0.5, 0.6) is 0 Å². The second kappa shape index (κ2) is 6.03. The minimum atomic E-state index is -3.66. The molecule has 0 unspecified atom stereocenters. The van der Waals surface area contributed by atoms with Gasteiger partial charge in [-0.2, -0.15) is 8.42 Å². The summed E-state index contributed by atoms with van der Waals surface area (Å²) in [4.78, 5) is 0.211. The molecule has 0 amide bonds. The van der Waals surface area contributed by atoms with E-state index in [0.717, 1.165) is 18.4 Å². The molecule has 106 valence electrons. The topological polar surface area (TPSA) is 63.6 Å². The lowest BCUT2D eigenvalue weighted by Gasteiger charge is -2.26. The Kier molecular flexibility index (Phi) is 4.60. The van der Waals surface area contributed by atoms with Crippen molar-refractivity contribution in [2.24, 2.45) is 5.92 Å². The van der Waals surface area contributed by atoms with Gasteiger partial charge in [0.05, 0.1) is 11.0 Å². The van der Waals surface area contributed by atoms with Gasteiger partial charge in [-0.05, 0) is 50.7 Å². The third-order valence-corrected chi connectivity index (χ3v) is 5.00. The van der Waals surface area contributed by atoms with Crippen molar-refractivity contribution < 1.29 is 17.7 Å². The molecule has 2 rings (SSSR count). The number of rotatable bonds is 4. The SMILES string of the molecule is Cc1ccc(S(=O)(=O)O[C@H]2CC[C@@H](CO)CC2)cc1. The summed E-state index contributed by atoms with van der Waals surface area (Å²) < 4.78 is 29.5. The molecule has 1 N–H and O–H groups in total. The lowest BCUT2D eigenvalue weighted by molar-refractivity contribution is 0.109. The molecule has 0 aromatic heterocycles. The third kappa shape index (κ3) is 3.78. The molecule has 0 heterocycles. The zero-order chi connectivity index (χ0) is 13.9. The molecular formula is C14H20O4S. The van der Waals surface area contributed by atoms with Crippen LogP contribution in [0.2, 0.25) is 0 Å². The van der Waals surface area contributed by atoms with Gasteiger partial charge in [-0.15, -0.1) is 0 Å². The highest BCUT2D eigenvalue weighted by molar-refractivity contribution is 7.86. The maximum atomic E-state index is 12.1. The molecule has 0 spiro atoms. The first-order valence-corrected chi connectivity index (χ1v) is 8.03. The molecule has 1 aromatic rings. The summed E-state index contributed by atoms with van der Waals surface area (Å²) in [6, 6.07) is 6.67. The minimum absolute atomic E-state index is 0.178. The summed E-state index contributed by atoms with van der Waals surface area (Å²) in [6.45, 7) is 2.09. The highest BCUT2D eigenvalue weighted by Gasteiger charge is 2.26. The zero-order valence-corrected chi connectivity index (χ0v) is 11.9. The predicted octanol–water partition coefficient (Wildman–Crippen LogP) is 2.25. The van der Waals surface area contributed by atoms with Gasteiger partial charge >= 0.3 is 0 Å². The Balaban J connectivity index is 2.00. The molecule has 4 nitrogen and oxygen atoms in total. The van der Waals surface area contributed by atoms with Gasteiger partial charge in [0, 0.05) is 6.61 Å². The lowest BCUT2D eigenvalue weighted by atomic mass is 9.88. The van der Waals surface area contributed by atoms with E-state index in [0.29, 0.717) is 18.8 Å². The van der Waals surface area contributed by atoms with E-state index in [4.69, 9.17) is 9.29 Å². The average Bonchev–Trinajstić information content (AvgIpc) is 2.40. The van der Waals surface area contributed by atoms with Crippen LogP contribution in [-0.2, 0) is 14.3 Å². The van der Waals surface area contributed by atoms with E-state index in [-0.39, 0.29) is 17.6 Å². The van der Waals surface area contributed by atoms with Crippen molar-refractivity contribution in [3.63, 3.8) is 0 Å². The van der Waals surface area contributed by atoms with E-state index in [1.807, 2.05) is 6.92 Å². The van der Waals surface area contributed by atoms with E-state index in [2.05, 4.69) is 0 Å². The standard InChI is InChI=1S/C14H20O4S/c1-11-2-8-14(9-3-11)19(16,17)18-13-6-4-12(10-15)5-7-13/h2-3,8-9,12-13,15H,4-7,10H2,1H3/t12-,13+. The normalized spacial score (nSPS) is 24.3. The van der Waals surface area contributed by atoms with Crippen LogP contribution >= 0.6 is 0 Å². The number of benzene rings is 1. The van der Waals surface area contributed by atoms with E-state index >= 15 is 0 Å². The highest BCUT2D eigenvalue weighted by Crippen LogP contribution is 2.28. The molecule has 1 saturated carbocycles. The summed E-state index contributed by atoms with van der Waals surface area (Å²) in [5.41, 5.74) is 1.02. The Bertz CT molecular complexity index is 499. The largest absolute Gasteiger partial charge is 0.396 e. The molecule has 0 aliphatic heterocycles. The van der Waals surface area contributed by atoms with E-state index in [1.165, 1.54) is 0 Å². The maximum absolute atomic E-state index is 12.1.